The molecule has 1 aliphatic rings. The lowest BCUT2D eigenvalue weighted by molar-refractivity contribution is 0.568. The summed E-state index contributed by atoms with van der Waals surface area (Å²) < 4.78 is 0. The summed E-state index contributed by atoms with van der Waals surface area (Å²) in [6.45, 7) is 7.73. The fourth-order valence-electron chi connectivity index (χ4n) is 2.15. The maximum atomic E-state index is 5.89. The summed E-state index contributed by atoms with van der Waals surface area (Å²) in [7, 11) is 0. The average molecular weight is 267 g/mol. The molecule has 18 heavy (non-hydrogen) atoms. The minimum atomic E-state index is 0.550. The first-order valence-electron chi connectivity index (χ1n) is 6.91. The van der Waals surface area contributed by atoms with E-state index < -0.39 is 0 Å². The van der Waals surface area contributed by atoms with Gasteiger partial charge in [-0.2, -0.15) is 0 Å². The fraction of sp³-hybridized carbons (Fsp3) is 0.667. The topological polar surface area (TPSA) is 16.1 Å². The summed E-state index contributed by atoms with van der Waals surface area (Å²) in [5.41, 5.74) is 2.21. The third-order valence-corrected chi connectivity index (χ3v) is 3.84. The summed E-state index contributed by atoms with van der Waals surface area (Å²) in [4.78, 5) is 7.20. The van der Waals surface area contributed by atoms with Crippen LogP contribution in [-0.2, 0) is 5.88 Å². The van der Waals surface area contributed by atoms with Crippen molar-refractivity contribution in [1.82, 2.24) is 4.98 Å². The largest absolute Gasteiger partial charge is 0.354 e. The van der Waals surface area contributed by atoms with E-state index in [-0.39, 0.29) is 0 Å². The van der Waals surface area contributed by atoms with Crippen molar-refractivity contribution in [3.63, 3.8) is 0 Å². The molecule has 0 bridgehead atoms. The Bertz CT molecular complexity index is 399. The number of aryl methyl sites for hydroxylation is 1. The number of hydrogen-bond donors (Lipinski definition) is 0. The lowest BCUT2D eigenvalue weighted by atomic mass is 10.1. The van der Waals surface area contributed by atoms with Gasteiger partial charge in [0.05, 0.1) is 0 Å². The van der Waals surface area contributed by atoms with Gasteiger partial charge in [-0.15, -0.1) is 11.6 Å². The van der Waals surface area contributed by atoms with Gasteiger partial charge in [0, 0.05) is 24.2 Å². The normalized spacial score (nSPS) is 15.2. The number of hydrogen-bond acceptors (Lipinski definition) is 2. The number of rotatable bonds is 6. The van der Waals surface area contributed by atoms with E-state index in [1.165, 1.54) is 19.3 Å². The number of pyridine rings is 1. The van der Waals surface area contributed by atoms with Crippen molar-refractivity contribution in [2.24, 2.45) is 5.92 Å². The van der Waals surface area contributed by atoms with Crippen molar-refractivity contribution in [3.05, 3.63) is 23.4 Å². The molecule has 1 aliphatic carbocycles. The maximum Gasteiger partial charge on any atom is 0.129 e. The number of aromatic nitrogens is 1. The third kappa shape index (κ3) is 3.38. The van der Waals surface area contributed by atoms with E-state index in [4.69, 9.17) is 16.6 Å². The van der Waals surface area contributed by atoms with E-state index in [0.717, 1.165) is 35.6 Å². The number of alkyl halides is 1. The molecule has 100 valence electrons. The van der Waals surface area contributed by atoms with Crippen molar-refractivity contribution >= 4 is 17.4 Å². The van der Waals surface area contributed by atoms with Gasteiger partial charge in [-0.3, -0.25) is 0 Å². The van der Waals surface area contributed by atoms with Gasteiger partial charge in [0.25, 0.3) is 0 Å². The third-order valence-electron chi connectivity index (χ3n) is 3.55. The Balaban J connectivity index is 2.12. The molecule has 1 heterocycles. The van der Waals surface area contributed by atoms with Gasteiger partial charge in [-0.25, -0.2) is 4.98 Å². The van der Waals surface area contributed by atoms with Crippen LogP contribution in [0.5, 0.6) is 0 Å². The minimum absolute atomic E-state index is 0.550. The predicted molar refractivity (Wildman–Crippen MR) is 78.4 cm³/mol. The van der Waals surface area contributed by atoms with Crippen LogP contribution in [0.25, 0.3) is 0 Å². The number of halogens is 1. The van der Waals surface area contributed by atoms with E-state index in [0.29, 0.717) is 5.88 Å². The van der Waals surface area contributed by atoms with Crippen LogP contribution in [0, 0.1) is 12.8 Å². The molecule has 0 amide bonds. The van der Waals surface area contributed by atoms with Crippen molar-refractivity contribution in [2.75, 3.05) is 11.4 Å². The zero-order chi connectivity index (χ0) is 13.1. The van der Waals surface area contributed by atoms with Crippen LogP contribution in [0.1, 0.15) is 44.4 Å². The van der Waals surface area contributed by atoms with Crippen LogP contribution in [0.2, 0.25) is 0 Å². The smallest absolute Gasteiger partial charge is 0.129 e. The minimum Gasteiger partial charge on any atom is -0.354 e. The van der Waals surface area contributed by atoms with Gasteiger partial charge in [0.2, 0.25) is 0 Å². The molecule has 1 aromatic heterocycles. The van der Waals surface area contributed by atoms with Crippen LogP contribution in [0.15, 0.2) is 12.1 Å². The lowest BCUT2D eigenvalue weighted by Gasteiger charge is -2.25. The van der Waals surface area contributed by atoms with E-state index in [2.05, 4.69) is 37.8 Å². The highest BCUT2D eigenvalue weighted by Gasteiger charge is 2.29. The SMILES string of the molecule is Cc1nc(N(CCC(C)C)C2CC2)ccc1CCl. The van der Waals surface area contributed by atoms with Gasteiger partial charge in [-0.05, 0) is 43.7 Å². The molecule has 0 N–H and O–H groups in total. The molecule has 0 radical (unpaired) electrons. The Morgan fingerprint density at radius 3 is 2.61 bits per heavy atom. The number of anilines is 1. The fourth-order valence-corrected chi connectivity index (χ4v) is 2.43. The highest BCUT2D eigenvalue weighted by Crippen LogP contribution is 2.31. The average Bonchev–Trinajstić information content (AvgIpc) is 3.13. The second kappa shape index (κ2) is 5.92. The maximum absolute atomic E-state index is 5.89. The molecule has 0 spiro atoms. The summed E-state index contributed by atoms with van der Waals surface area (Å²) in [5, 5.41) is 0. The quantitative estimate of drug-likeness (QED) is 0.720. The monoisotopic (exact) mass is 266 g/mol. The second-order valence-electron chi connectivity index (χ2n) is 5.65. The summed E-state index contributed by atoms with van der Waals surface area (Å²) in [6, 6.07) is 4.97. The molecule has 0 aromatic carbocycles. The molecule has 0 atom stereocenters. The van der Waals surface area contributed by atoms with E-state index in [1.54, 1.807) is 0 Å². The van der Waals surface area contributed by atoms with Gasteiger partial charge >= 0.3 is 0 Å². The Kier molecular flexibility index (Phi) is 4.50. The molecular formula is C15H23ClN2. The Morgan fingerprint density at radius 2 is 2.11 bits per heavy atom. The molecule has 0 aliphatic heterocycles. The molecule has 1 aromatic rings. The Morgan fingerprint density at radius 1 is 1.39 bits per heavy atom. The Hall–Kier alpha value is -0.760. The van der Waals surface area contributed by atoms with Crippen LogP contribution in [-0.4, -0.2) is 17.6 Å². The molecular weight excluding hydrogens is 244 g/mol. The van der Waals surface area contributed by atoms with Crippen LogP contribution in [0.4, 0.5) is 5.82 Å². The highest BCUT2D eigenvalue weighted by atomic mass is 35.5. The summed E-state index contributed by atoms with van der Waals surface area (Å²) >= 11 is 5.89. The van der Waals surface area contributed by atoms with Crippen molar-refractivity contribution in [3.8, 4) is 0 Å². The van der Waals surface area contributed by atoms with E-state index in [1.807, 2.05) is 0 Å². The second-order valence-corrected chi connectivity index (χ2v) is 5.92. The van der Waals surface area contributed by atoms with Crippen LogP contribution in [0.3, 0.4) is 0 Å². The molecule has 1 fully saturated rings. The van der Waals surface area contributed by atoms with Crippen LogP contribution < -0.4 is 4.90 Å². The molecule has 3 heteroatoms. The van der Waals surface area contributed by atoms with Gasteiger partial charge in [0.15, 0.2) is 0 Å². The molecule has 2 nitrogen and oxygen atoms in total. The van der Waals surface area contributed by atoms with Gasteiger partial charge < -0.3 is 4.90 Å². The molecule has 1 saturated carbocycles. The Labute approximate surface area is 115 Å². The van der Waals surface area contributed by atoms with E-state index >= 15 is 0 Å². The first kappa shape index (κ1) is 13.7. The van der Waals surface area contributed by atoms with Crippen molar-refractivity contribution < 1.29 is 0 Å². The van der Waals surface area contributed by atoms with Crippen molar-refractivity contribution in [1.29, 1.82) is 0 Å². The molecule has 2 rings (SSSR count). The molecule has 0 saturated heterocycles. The van der Waals surface area contributed by atoms with Gasteiger partial charge in [-0.1, -0.05) is 19.9 Å². The predicted octanol–water partition coefficient (Wildman–Crippen LogP) is 4.14. The van der Waals surface area contributed by atoms with Crippen LogP contribution >= 0.6 is 11.6 Å². The summed E-state index contributed by atoms with van der Waals surface area (Å²) in [5.74, 6) is 2.42. The molecule has 0 unspecified atom stereocenters. The van der Waals surface area contributed by atoms with Crippen molar-refractivity contribution in [2.45, 2.75) is 52.0 Å². The first-order chi connectivity index (χ1) is 8.61. The summed E-state index contributed by atoms with van der Waals surface area (Å²) in [6.07, 6.45) is 3.86. The number of nitrogens with zero attached hydrogens (tertiary/aromatic N) is 2. The van der Waals surface area contributed by atoms with Gasteiger partial charge in [0.1, 0.15) is 5.82 Å². The highest BCUT2D eigenvalue weighted by molar-refractivity contribution is 6.17. The zero-order valence-corrected chi connectivity index (χ0v) is 12.4. The first-order valence-corrected chi connectivity index (χ1v) is 7.44. The standard InChI is InChI=1S/C15H23ClN2/c1-11(2)8-9-18(14-5-6-14)15-7-4-13(10-16)12(3)17-15/h4,7,11,14H,5-6,8-10H2,1-3H3. The lowest BCUT2D eigenvalue weighted by Crippen LogP contribution is -2.28. The van der Waals surface area contributed by atoms with E-state index in [9.17, 15) is 0 Å². The zero-order valence-electron chi connectivity index (χ0n) is 11.6.